The molecule has 0 atom stereocenters. The molecule has 2 aromatic heterocycles. The summed E-state index contributed by atoms with van der Waals surface area (Å²) in [6.45, 7) is 1.32. The number of nitrogens with two attached hydrogens (primary N) is 2. The lowest BCUT2D eigenvalue weighted by molar-refractivity contribution is 0.217. The van der Waals surface area contributed by atoms with Crippen LogP contribution in [0, 0.1) is 5.82 Å². The Labute approximate surface area is 201 Å². The number of H-pyrrole nitrogens is 1. The van der Waals surface area contributed by atoms with Gasteiger partial charge < -0.3 is 32.0 Å². The number of anilines is 4. The van der Waals surface area contributed by atoms with Crippen LogP contribution in [0.4, 0.5) is 32.1 Å². The molecule has 0 fully saturated rings. The molecule has 2 amide bonds. The van der Waals surface area contributed by atoms with Crippen LogP contribution in [0.1, 0.15) is 17.7 Å². The smallest absolute Gasteiger partial charge is 0.322 e. The van der Waals surface area contributed by atoms with Crippen molar-refractivity contribution in [2.24, 2.45) is 5.73 Å². The van der Waals surface area contributed by atoms with Crippen molar-refractivity contribution in [2.75, 3.05) is 29.5 Å². The summed E-state index contributed by atoms with van der Waals surface area (Å²) in [4.78, 5) is 26.4. The van der Waals surface area contributed by atoms with Crippen molar-refractivity contribution >= 4 is 45.5 Å². The molecular weight excluding hydrogens is 447 g/mol. The third-order valence-electron chi connectivity index (χ3n) is 5.97. The van der Waals surface area contributed by atoms with E-state index in [1.165, 1.54) is 18.5 Å². The molecule has 4 aromatic rings. The molecule has 1 aliphatic heterocycles. The summed E-state index contributed by atoms with van der Waals surface area (Å²) in [7, 11) is 0. The number of aromatic amines is 1. The van der Waals surface area contributed by atoms with E-state index < -0.39 is 5.82 Å². The Morgan fingerprint density at radius 2 is 2.03 bits per heavy atom. The van der Waals surface area contributed by atoms with Crippen molar-refractivity contribution < 1.29 is 9.18 Å². The van der Waals surface area contributed by atoms with E-state index in [0.29, 0.717) is 48.9 Å². The van der Waals surface area contributed by atoms with Crippen LogP contribution in [0.25, 0.3) is 16.6 Å². The second kappa shape index (κ2) is 9.43. The lowest BCUT2D eigenvalue weighted by atomic mass is 10.1. The third kappa shape index (κ3) is 4.78. The Bertz CT molecular complexity index is 1430. The van der Waals surface area contributed by atoms with Crippen LogP contribution >= 0.6 is 0 Å². The standard InChI is InChI=1S/C25H25FN8O/c26-17-2-1-3-18(11-17)32-25(35)34-8-6-15(7-9-34)22-12-20-23(29-14-30-24(20)33-22)31-19-4-5-21(28)16(10-19)13-27/h1-6,10-12,14H,7-9,13,27-28H2,(H,32,35)(H2,29,30,31,33). The first-order chi connectivity index (χ1) is 17.0. The van der Waals surface area contributed by atoms with Gasteiger partial charge in [-0.1, -0.05) is 12.1 Å². The first kappa shape index (κ1) is 22.4. The number of carbonyl (C=O) groups excluding carboxylic acids is 1. The molecule has 0 spiro atoms. The highest BCUT2D eigenvalue weighted by Crippen LogP contribution is 2.30. The van der Waals surface area contributed by atoms with Gasteiger partial charge in [-0.25, -0.2) is 19.2 Å². The SMILES string of the molecule is NCc1cc(Nc2ncnc3[nH]c(C4=CCN(C(=O)Nc5cccc(F)c5)CC4)cc23)ccc1N. The summed E-state index contributed by atoms with van der Waals surface area (Å²) in [5.74, 6) is 0.272. The fraction of sp³-hybridized carbons (Fsp3) is 0.160. The molecule has 0 bridgehead atoms. The van der Waals surface area contributed by atoms with Crippen LogP contribution in [0.15, 0.2) is 60.9 Å². The Hall–Kier alpha value is -4.44. The molecule has 35 heavy (non-hydrogen) atoms. The second-order valence-corrected chi connectivity index (χ2v) is 8.28. The molecule has 2 aromatic carbocycles. The van der Waals surface area contributed by atoms with Gasteiger partial charge in [0, 0.05) is 42.4 Å². The maximum Gasteiger partial charge on any atom is 0.322 e. The lowest BCUT2D eigenvalue weighted by Crippen LogP contribution is -2.37. The number of rotatable bonds is 5. The highest BCUT2D eigenvalue weighted by atomic mass is 19.1. The van der Waals surface area contributed by atoms with Crippen molar-refractivity contribution in [1.29, 1.82) is 0 Å². The zero-order chi connectivity index (χ0) is 24.4. The Balaban J connectivity index is 1.32. The number of hydrogen-bond acceptors (Lipinski definition) is 6. The molecule has 3 heterocycles. The normalized spacial score (nSPS) is 13.5. The van der Waals surface area contributed by atoms with Gasteiger partial charge in [-0.05, 0) is 60.0 Å². The topological polar surface area (TPSA) is 138 Å². The summed E-state index contributed by atoms with van der Waals surface area (Å²) in [6, 6.07) is 13.2. The van der Waals surface area contributed by atoms with E-state index in [2.05, 4.69) is 25.6 Å². The van der Waals surface area contributed by atoms with E-state index in [9.17, 15) is 9.18 Å². The van der Waals surface area contributed by atoms with Crippen LogP contribution in [0.2, 0.25) is 0 Å². The summed E-state index contributed by atoms with van der Waals surface area (Å²) in [5, 5.41) is 6.91. The molecule has 5 rings (SSSR count). The lowest BCUT2D eigenvalue weighted by Gasteiger charge is -2.26. The van der Waals surface area contributed by atoms with Crippen molar-refractivity contribution in [3.63, 3.8) is 0 Å². The quantitative estimate of drug-likeness (QED) is 0.276. The van der Waals surface area contributed by atoms with Gasteiger partial charge in [-0.3, -0.25) is 0 Å². The van der Waals surface area contributed by atoms with Gasteiger partial charge in [0.15, 0.2) is 0 Å². The molecule has 178 valence electrons. The first-order valence-electron chi connectivity index (χ1n) is 11.2. The van der Waals surface area contributed by atoms with Gasteiger partial charge >= 0.3 is 6.03 Å². The zero-order valence-corrected chi connectivity index (χ0v) is 18.9. The van der Waals surface area contributed by atoms with Crippen molar-refractivity contribution in [3.05, 3.63) is 78.0 Å². The van der Waals surface area contributed by atoms with E-state index in [1.54, 1.807) is 17.0 Å². The minimum Gasteiger partial charge on any atom is -0.398 e. The number of fused-ring (bicyclic) bond motifs is 1. The average molecular weight is 473 g/mol. The van der Waals surface area contributed by atoms with E-state index in [-0.39, 0.29) is 6.03 Å². The minimum absolute atomic E-state index is 0.264. The van der Waals surface area contributed by atoms with Gasteiger partial charge in [0.2, 0.25) is 0 Å². The fourth-order valence-electron chi connectivity index (χ4n) is 4.08. The number of urea groups is 1. The molecule has 0 unspecified atom stereocenters. The molecule has 10 heteroatoms. The molecular formula is C25H25FN8O. The van der Waals surface area contributed by atoms with Gasteiger partial charge in [0.1, 0.15) is 23.6 Å². The van der Waals surface area contributed by atoms with Crippen LogP contribution < -0.4 is 22.1 Å². The molecule has 1 aliphatic rings. The summed E-state index contributed by atoms with van der Waals surface area (Å²) >= 11 is 0. The van der Waals surface area contributed by atoms with Crippen molar-refractivity contribution in [3.8, 4) is 0 Å². The van der Waals surface area contributed by atoms with Gasteiger partial charge in [0.05, 0.1) is 5.39 Å². The van der Waals surface area contributed by atoms with Crippen LogP contribution in [-0.4, -0.2) is 39.0 Å². The summed E-state index contributed by atoms with van der Waals surface area (Å²) in [5.41, 5.74) is 17.2. The fourth-order valence-corrected chi connectivity index (χ4v) is 4.08. The average Bonchev–Trinajstić information content (AvgIpc) is 3.31. The number of aromatic nitrogens is 3. The summed E-state index contributed by atoms with van der Waals surface area (Å²) in [6.07, 6.45) is 4.17. The van der Waals surface area contributed by atoms with E-state index >= 15 is 0 Å². The Morgan fingerprint density at radius 1 is 1.14 bits per heavy atom. The Morgan fingerprint density at radius 3 is 2.80 bits per heavy atom. The number of benzene rings is 2. The molecule has 0 radical (unpaired) electrons. The molecule has 0 saturated heterocycles. The largest absolute Gasteiger partial charge is 0.398 e. The second-order valence-electron chi connectivity index (χ2n) is 8.28. The first-order valence-corrected chi connectivity index (χ1v) is 11.2. The number of nitrogens with one attached hydrogen (secondary N) is 3. The highest BCUT2D eigenvalue weighted by Gasteiger charge is 2.20. The maximum absolute atomic E-state index is 13.4. The molecule has 9 nitrogen and oxygen atoms in total. The predicted molar refractivity (Wildman–Crippen MR) is 136 cm³/mol. The maximum atomic E-state index is 13.4. The zero-order valence-electron chi connectivity index (χ0n) is 18.9. The predicted octanol–water partition coefficient (Wildman–Crippen LogP) is 4.20. The van der Waals surface area contributed by atoms with Crippen molar-refractivity contribution in [2.45, 2.75) is 13.0 Å². The number of nitrogen functional groups attached to an aromatic ring is 1. The summed E-state index contributed by atoms with van der Waals surface area (Å²) < 4.78 is 13.4. The number of halogens is 1. The van der Waals surface area contributed by atoms with Gasteiger partial charge in [-0.15, -0.1) is 0 Å². The Kier molecular flexibility index (Phi) is 6.02. The molecule has 0 saturated carbocycles. The van der Waals surface area contributed by atoms with E-state index in [1.807, 2.05) is 30.3 Å². The van der Waals surface area contributed by atoms with Gasteiger partial charge in [0.25, 0.3) is 0 Å². The molecule has 7 N–H and O–H groups in total. The number of nitrogens with zero attached hydrogens (tertiary/aromatic N) is 3. The van der Waals surface area contributed by atoms with E-state index in [4.69, 9.17) is 11.5 Å². The van der Waals surface area contributed by atoms with Crippen LogP contribution in [0.5, 0.6) is 0 Å². The number of amides is 2. The highest BCUT2D eigenvalue weighted by molar-refractivity contribution is 5.93. The molecule has 0 aliphatic carbocycles. The van der Waals surface area contributed by atoms with Crippen LogP contribution in [0.3, 0.4) is 0 Å². The monoisotopic (exact) mass is 472 g/mol. The van der Waals surface area contributed by atoms with Crippen LogP contribution in [-0.2, 0) is 6.54 Å². The number of carbonyl (C=O) groups is 1. The van der Waals surface area contributed by atoms with E-state index in [0.717, 1.165) is 27.9 Å². The van der Waals surface area contributed by atoms with Gasteiger partial charge in [-0.2, -0.15) is 0 Å². The van der Waals surface area contributed by atoms with Crippen molar-refractivity contribution in [1.82, 2.24) is 19.9 Å². The number of hydrogen-bond donors (Lipinski definition) is 5. The minimum atomic E-state index is -0.393. The third-order valence-corrected chi connectivity index (χ3v) is 5.97.